The van der Waals surface area contributed by atoms with Crippen LogP contribution in [0.5, 0.6) is 11.5 Å². The number of methoxy groups -OCH3 is 2. The second-order valence-electron chi connectivity index (χ2n) is 9.31. The van der Waals surface area contributed by atoms with E-state index in [2.05, 4.69) is 0 Å². The van der Waals surface area contributed by atoms with Crippen molar-refractivity contribution in [2.24, 2.45) is 0 Å². The first-order valence-corrected chi connectivity index (χ1v) is 11.2. The van der Waals surface area contributed by atoms with E-state index in [0.29, 0.717) is 22.6 Å². The molecule has 1 aliphatic rings. The lowest BCUT2D eigenvalue weighted by atomic mass is 9.84. The van der Waals surface area contributed by atoms with E-state index in [1.165, 1.54) is 18.9 Å². The topological polar surface area (TPSA) is 102 Å². The largest absolute Gasteiger partial charge is 0.507 e. The Hall–Kier alpha value is -3.65. The summed E-state index contributed by atoms with van der Waals surface area (Å²) in [5.74, 6) is -1.24. The van der Waals surface area contributed by atoms with Crippen molar-refractivity contribution in [3.05, 3.63) is 64.7 Å². The molecule has 1 amide bonds. The molecule has 8 nitrogen and oxygen atoms in total. The number of Topliss-reactive ketones (excluding diaryl/α,β-unsaturated/α-hetero) is 1. The highest BCUT2D eigenvalue weighted by atomic mass is 16.5. The highest BCUT2D eigenvalue weighted by Crippen LogP contribution is 2.41. The number of aliphatic hydroxyl groups is 1. The molecule has 8 heteroatoms. The van der Waals surface area contributed by atoms with Crippen LogP contribution in [0.2, 0.25) is 0 Å². The van der Waals surface area contributed by atoms with Crippen LogP contribution >= 0.6 is 0 Å². The van der Waals surface area contributed by atoms with Crippen LogP contribution in [0.3, 0.4) is 0 Å². The Bertz CT molecular complexity index is 1160. The number of nitrogens with zero attached hydrogens (tertiary/aromatic N) is 1. The molecule has 1 unspecified atom stereocenters. The zero-order valence-electron chi connectivity index (χ0n) is 20.9. The van der Waals surface area contributed by atoms with Crippen LogP contribution in [0.1, 0.15) is 50.4 Å². The number of hydrogen-bond donors (Lipinski definition) is 1. The summed E-state index contributed by atoms with van der Waals surface area (Å²) in [6, 6.07) is 10.8. The van der Waals surface area contributed by atoms with Crippen molar-refractivity contribution in [1.82, 2.24) is 4.90 Å². The summed E-state index contributed by atoms with van der Waals surface area (Å²) >= 11 is 0. The molecular formula is C27H31NO7. The molecule has 0 bridgehead atoms. The van der Waals surface area contributed by atoms with Crippen molar-refractivity contribution >= 4 is 23.4 Å². The van der Waals surface area contributed by atoms with E-state index in [4.69, 9.17) is 14.2 Å². The van der Waals surface area contributed by atoms with Crippen LogP contribution in [0.4, 0.5) is 0 Å². The summed E-state index contributed by atoms with van der Waals surface area (Å²) < 4.78 is 15.7. The van der Waals surface area contributed by atoms with Crippen LogP contribution in [-0.2, 0) is 24.5 Å². The van der Waals surface area contributed by atoms with Gasteiger partial charge in [-0.05, 0) is 41.3 Å². The fraction of sp³-hybridized carbons (Fsp3) is 0.370. The number of likely N-dealkylation sites (tertiary alicyclic amines) is 1. The van der Waals surface area contributed by atoms with Gasteiger partial charge in [-0.3, -0.25) is 14.4 Å². The van der Waals surface area contributed by atoms with Crippen LogP contribution in [0.15, 0.2) is 48.0 Å². The molecule has 0 spiro atoms. The summed E-state index contributed by atoms with van der Waals surface area (Å²) in [7, 11) is 3.08. The third-order valence-electron chi connectivity index (χ3n) is 5.81. The molecule has 1 fully saturated rings. The van der Waals surface area contributed by atoms with E-state index in [1.807, 2.05) is 20.8 Å². The molecule has 3 rings (SSSR count). The number of ketones is 1. The van der Waals surface area contributed by atoms with Crippen molar-refractivity contribution in [1.29, 1.82) is 0 Å². The van der Waals surface area contributed by atoms with E-state index in [-0.39, 0.29) is 29.9 Å². The van der Waals surface area contributed by atoms with Gasteiger partial charge in [0.2, 0.25) is 0 Å². The minimum Gasteiger partial charge on any atom is -0.507 e. The Morgan fingerprint density at radius 2 is 1.71 bits per heavy atom. The van der Waals surface area contributed by atoms with Crippen LogP contribution in [0.25, 0.3) is 5.76 Å². The Balaban J connectivity index is 2.17. The minimum atomic E-state index is -0.836. The van der Waals surface area contributed by atoms with E-state index in [9.17, 15) is 19.5 Å². The number of aliphatic hydroxyl groups excluding tert-OH is 1. The average molecular weight is 482 g/mol. The number of esters is 1. The quantitative estimate of drug-likeness (QED) is 0.210. The molecule has 1 heterocycles. The van der Waals surface area contributed by atoms with Crippen LogP contribution in [-0.4, -0.2) is 55.0 Å². The number of amides is 1. The number of carbonyl (C=O) groups excluding carboxylic acids is 3. The molecule has 2 aromatic carbocycles. The summed E-state index contributed by atoms with van der Waals surface area (Å²) in [5.41, 5.74) is 1.53. The number of benzene rings is 2. The predicted octanol–water partition coefficient (Wildman–Crippen LogP) is 3.99. The van der Waals surface area contributed by atoms with Crippen molar-refractivity contribution in [2.75, 3.05) is 27.4 Å². The van der Waals surface area contributed by atoms with Crippen molar-refractivity contribution in [3.8, 4) is 11.5 Å². The van der Waals surface area contributed by atoms with Gasteiger partial charge in [0.15, 0.2) is 0 Å². The smallest absolute Gasteiger partial charge is 0.308 e. The predicted molar refractivity (Wildman–Crippen MR) is 130 cm³/mol. The molecule has 1 saturated heterocycles. The number of rotatable bonds is 7. The lowest BCUT2D eigenvalue weighted by molar-refractivity contribution is -0.140. The van der Waals surface area contributed by atoms with Crippen LogP contribution < -0.4 is 9.47 Å². The average Bonchev–Trinajstić information content (AvgIpc) is 3.06. The van der Waals surface area contributed by atoms with Gasteiger partial charge in [-0.2, -0.15) is 0 Å². The number of ether oxygens (including phenoxy) is 3. The standard InChI is InChI=1S/C27H31NO7/c1-16(29)35-19-10-7-17(8-11-19)23-22(25(31)26(32)28(23)13-14-33-5)24(30)18-9-12-21(34-6)20(15-18)27(2,3)4/h7-12,15,23,30H,13-14H2,1-6H3/b24-22-. The van der Waals surface area contributed by atoms with Gasteiger partial charge in [0, 0.05) is 31.7 Å². The summed E-state index contributed by atoms with van der Waals surface area (Å²) in [4.78, 5) is 38.8. The van der Waals surface area contributed by atoms with Gasteiger partial charge in [-0.25, -0.2) is 0 Å². The highest BCUT2D eigenvalue weighted by Gasteiger charge is 2.46. The maximum atomic E-state index is 13.2. The monoisotopic (exact) mass is 481 g/mol. The minimum absolute atomic E-state index is 0.0173. The van der Waals surface area contributed by atoms with Gasteiger partial charge in [-0.15, -0.1) is 0 Å². The van der Waals surface area contributed by atoms with Crippen molar-refractivity contribution in [2.45, 2.75) is 39.2 Å². The fourth-order valence-electron chi connectivity index (χ4n) is 4.13. The first-order chi connectivity index (χ1) is 16.5. The molecule has 0 radical (unpaired) electrons. The summed E-state index contributed by atoms with van der Waals surface area (Å²) in [5, 5.41) is 11.3. The molecule has 1 N–H and O–H groups in total. The zero-order chi connectivity index (χ0) is 25.9. The van der Waals surface area contributed by atoms with Crippen molar-refractivity contribution < 1.29 is 33.7 Å². The Morgan fingerprint density at radius 1 is 1.06 bits per heavy atom. The highest BCUT2D eigenvalue weighted by molar-refractivity contribution is 6.46. The molecule has 1 atom stereocenters. The molecular weight excluding hydrogens is 450 g/mol. The van der Waals surface area contributed by atoms with Crippen LogP contribution in [0, 0.1) is 0 Å². The third-order valence-corrected chi connectivity index (χ3v) is 5.81. The maximum Gasteiger partial charge on any atom is 0.308 e. The molecule has 0 aliphatic carbocycles. The van der Waals surface area contributed by atoms with Gasteiger partial charge < -0.3 is 24.2 Å². The lowest BCUT2D eigenvalue weighted by Crippen LogP contribution is -2.32. The first kappa shape index (κ1) is 26.0. The molecule has 1 aliphatic heterocycles. The Morgan fingerprint density at radius 3 is 2.26 bits per heavy atom. The van der Waals surface area contributed by atoms with E-state index < -0.39 is 23.7 Å². The number of carbonyl (C=O) groups is 3. The second-order valence-corrected chi connectivity index (χ2v) is 9.31. The molecule has 0 saturated carbocycles. The lowest BCUT2D eigenvalue weighted by Gasteiger charge is -2.26. The van der Waals surface area contributed by atoms with E-state index in [1.54, 1.807) is 49.6 Å². The van der Waals surface area contributed by atoms with Gasteiger partial charge >= 0.3 is 5.97 Å². The normalized spacial score (nSPS) is 17.5. The fourth-order valence-corrected chi connectivity index (χ4v) is 4.13. The first-order valence-electron chi connectivity index (χ1n) is 11.2. The SMILES string of the molecule is COCCN1C(=O)C(=O)/C(=C(\O)c2ccc(OC)c(C(C)(C)C)c2)C1c1ccc(OC(C)=O)cc1. The Labute approximate surface area is 205 Å². The maximum absolute atomic E-state index is 13.2. The molecule has 186 valence electrons. The second kappa shape index (κ2) is 10.3. The van der Waals surface area contributed by atoms with Crippen molar-refractivity contribution in [3.63, 3.8) is 0 Å². The zero-order valence-corrected chi connectivity index (χ0v) is 20.9. The number of hydrogen-bond acceptors (Lipinski definition) is 7. The summed E-state index contributed by atoms with van der Waals surface area (Å²) in [6.07, 6.45) is 0. The van der Waals surface area contributed by atoms with Gasteiger partial charge in [-0.1, -0.05) is 32.9 Å². The third kappa shape index (κ3) is 5.38. The van der Waals surface area contributed by atoms with Gasteiger partial charge in [0.1, 0.15) is 17.3 Å². The molecule has 0 aromatic heterocycles. The molecule has 35 heavy (non-hydrogen) atoms. The van der Waals surface area contributed by atoms with E-state index >= 15 is 0 Å². The van der Waals surface area contributed by atoms with Gasteiger partial charge in [0.05, 0.1) is 25.3 Å². The summed E-state index contributed by atoms with van der Waals surface area (Å²) in [6.45, 7) is 7.72. The van der Waals surface area contributed by atoms with Gasteiger partial charge in [0.25, 0.3) is 11.7 Å². The Kier molecular flexibility index (Phi) is 7.65. The molecule has 2 aromatic rings. The van der Waals surface area contributed by atoms with E-state index in [0.717, 1.165) is 5.56 Å².